The lowest BCUT2D eigenvalue weighted by atomic mass is 10.1. The Morgan fingerprint density at radius 3 is 2.00 bits per heavy atom. The predicted molar refractivity (Wildman–Crippen MR) is 49.5 cm³/mol. The quantitative estimate of drug-likeness (QED) is 0.631. The maximum atomic E-state index is 5.61. The molecule has 1 fully saturated rings. The molecule has 3 heteroatoms. The highest BCUT2D eigenvalue weighted by molar-refractivity contribution is 5.26. The second-order valence-electron chi connectivity index (χ2n) is 3.63. The van der Waals surface area contributed by atoms with Crippen LogP contribution in [0.2, 0.25) is 0 Å². The maximum Gasteiger partial charge on any atom is 0.186 e. The summed E-state index contributed by atoms with van der Waals surface area (Å²) in [4.78, 5) is 0. The van der Waals surface area contributed by atoms with Gasteiger partial charge in [0.1, 0.15) is 6.10 Å². The molecule has 3 nitrogen and oxygen atoms in total. The monoisotopic (exact) mass is 192 g/mol. The lowest BCUT2D eigenvalue weighted by Crippen LogP contribution is -2.21. The average molecular weight is 192 g/mol. The van der Waals surface area contributed by atoms with Crippen LogP contribution in [0.5, 0.6) is 0 Å². The Bertz CT molecular complexity index is 306. The molecular formula is C11H12O3. The zero-order valence-corrected chi connectivity index (χ0v) is 7.81. The van der Waals surface area contributed by atoms with Crippen molar-refractivity contribution in [3.05, 3.63) is 35.4 Å². The summed E-state index contributed by atoms with van der Waals surface area (Å²) >= 11 is 0. The van der Waals surface area contributed by atoms with E-state index in [-0.39, 0.29) is 12.4 Å². The molecule has 3 rings (SSSR count). The van der Waals surface area contributed by atoms with Crippen LogP contribution in [0.15, 0.2) is 24.3 Å². The van der Waals surface area contributed by atoms with Crippen molar-refractivity contribution < 1.29 is 14.2 Å². The van der Waals surface area contributed by atoms with Gasteiger partial charge in [0.15, 0.2) is 6.29 Å². The fourth-order valence-corrected chi connectivity index (χ4v) is 1.66. The minimum Gasteiger partial charge on any atom is -0.368 e. The van der Waals surface area contributed by atoms with Crippen molar-refractivity contribution in [3.63, 3.8) is 0 Å². The van der Waals surface area contributed by atoms with Gasteiger partial charge in [0.05, 0.1) is 19.8 Å². The number of rotatable bonds is 1. The van der Waals surface area contributed by atoms with E-state index in [1.807, 2.05) is 12.1 Å². The van der Waals surface area contributed by atoms with E-state index < -0.39 is 0 Å². The smallest absolute Gasteiger partial charge is 0.186 e. The van der Waals surface area contributed by atoms with E-state index in [1.54, 1.807) is 0 Å². The first-order chi connectivity index (χ1) is 6.93. The molecule has 0 amide bonds. The summed E-state index contributed by atoms with van der Waals surface area (Å²) < 4.78 is 16.4. The van der Waals surface area contributed by atoms with Crippen LogP contribution in [0.4, 0.5) is 0 Å². The van der Waals surface area contributed by atoms with Crippen molar-refractivity contribution in [3.8, 4) is 0 Å². The van der Waals surface area contributed by atoms with Gasteiger partial charge in [0, 0.05) is 0 Å². The van der Waals surface area contributed by atoms with Gasteiger partial charge in [-0.15, -0.1) is 0 Å². The van der Waals surface area contributed by atoms with Gasteiger partial charge < -0.3 is 14.2 Å². The van der Waals surface area contributed by atoms with Crippen molar-refractivity contribution in [2.24, 2.45) is 0 Å². The molecule has 0 aliphatic carbocycles. The Morgan fingerprint density at radius 2 is 1.50 bits per heavy atom. The lowest BCUT2D eigenvalue weighted by molar-refractivity contribution is -0.159. The molecule has 0 bridgehead atoms. The lowest BCUT2D eigenvalue weighted by Gasteiger charge is -2.11. The first-order valence-corrected chi connectivity index (χ1v) is 4.85. The highest BCUT2D eigenvalue weighted by atomic mass is 16.7. The van der Waals surface area contributed by atoms with Crippen LogP contribution >= 0.6 is 0 Å². The standard InChI is InChI=1S/C11H12O3/c1-2-4-9-6-14-11(10-7-12-10)13-5-8(9)3-1/h1-4,10-11H,5-7H2/t10-/m0/s1. The molecule has 0 N–H and O–H groups in total. The van der Waals surface area contributed by atoms with Crippen LogP contribution in [0, 0.1) is 0 Å². The molecule has 0 radical (unpaired) electrons. The highest BCUT2D eigenvalue weighted by Crippen LogP contribution is 2.24. The van der Waals surface area contributed by atoms with Crippen LogP contribution in [0.1, 0.15) is 11.1 Å². The molecule has 2 heterocycles. The normalized spacial score (nSPS) is 26.7. The Hall–Kier alpha value is -0.900. The minimum atomic E-state index is -0.178. The van der Waals surface area contributed by atoms with Gasteiger partial charge in [0.25, 0.3) is 0 Å². The third kappa shape index (κ3) is 1.54. The average Bonchev–Trinajstić information content (AvgIpc) is 3.03. The molecule has 14 heavy (non-hydrogen) atoms. The molecule has 74 valence electrons. The number of fused-ring (bicyclic) bond motifs is 1. The Kier molecular flexibility index (Phi) is 2.01. The van der Waals surface area contributed by atoms with Gasteiger partial charge in [-0.3, -0.25) is 0 Å². The summed E-state index contributed by atoms with van der Waals surface area (Å²) in [6.07, 6.45) is -0.0216. The molecule has 1 atom stereocenters. The van der Waals surface area contributed by atoms with Gasteiger partial charge in [-0.2, -0.15) is 0 Å². The molecule has 0 aromatic heterocycles. The third-order valence-electron chi connectivity index (χ3n) is 2.59. The molecule has 2 aliphatic rings. The van der Waals surface area contributed by atoms with Crippen LogP contribution in [-0.2, 0) is 27.4 Å². The van der Waals surface area contributed by atoms with Crippen molar-refractivity contribution >= 4 is 0 Å². The number of ether oxygens (including phenoxy) is 3. The second kappa shape index (κ2) is 3.35. The first kappa shape index (κ1) is 8.41. The van der Waals surface area contributed by atoms with Crippen LogP contribution in [0.3, 0.4) is 0 Å². The van der Waals surface area contributed by atoms with E-state index in [2.05, 4.69) is 12.1 Å². The number of epoxide rings is 1. The van der Waals surface area contributed by atoms with Crippen LogP contribution in [0.25, 0.3) is 0 Å². The van der Waals surface area contributed by atoms with E-state index in [1.165, 1.54) is 11.1 Å². The van der Waals surface area contributed by atoms with Gasteiger partial charge in [0.2, 0.25) is 0 Å². The Morgan fingerprint density at radius 1 is 0.929 bits per heavy atom. The van der Waals surface area contributed by atoms with Crippen molar-refractivity contribution in [2.75, 3.05) is 6.61 Å². The first-order valence-electron chi connectivity index (χ1n) is 4.85. The molecule has 0 saturated carbocycles. The molecule has 0 spiro atoms. The van der Waals surface area contributed by atoms with Gasteiger partial charge >= 0.3 is 0 Å². The van der Waals surface area contributed by atoms with E-state index in [4.69, 9.17) is 14.2 Å². The van der Waals surface area contributed by atoms with E-state index in [0.717, 1.165) is 6.61 Å². The molecule has 1 saturated heterocycles. The topological polar surface area (TPSA) is 31.0 Å². The van der Waals surface area contributed by atoms with Crippen LogP contribution in [-0.4, -0.2) is 19.0 Å². The van der Waals surface area contributed by atoms with Gasteiger partial charge in [-0.1, -0.05) is 24.3 Å². The molecule has 2 aliphatic heterocycles. The van der Waals surface area contributed by atoms with Gasteiger partial charge in [-0.25, -0.2) is 0 Å². The summed E-state index contributed by atoms with van der Waals surface area (Å²) in [6.45, 7) is 2.02. The summed E-state index contributed by atoms with van der Waals surface area (Å²) in [5.41, 5.74) is 2.44. The number of hydrogen-bond acceptors (Lipinski definition) is 3. The molecule has 1 aromatic rings. The summed E-state index contributed by atoms with van der Waals surface area (Å²) in [6, 6.07) is 8.20. The summed E-state index contributed by atoms with van der Waals surface area (Å²) in [5.74, 6) is 0. The Balaban J connectivity index is 1.79. The van der Waals surface area contributed by atoms with Crippen molar-refractivity contribution in [1.29, 1.82) is 0 Å². The number of hydrogen-bond donors (Lipinski definition) is 0. The summed E-state index contributed by atoms with van der Waals surface area (Å²) in [7, 11) is 0. The van der Waals surface area contributed by atoms with Crippen molar-refractivity contribution in [2.45, 2.75) is 25.6 Å². The molecule has 0 unspecified atom stereocenters. The zero-order chi connectivity index (χ0) is 9.38. The third-order valence-corrected chi connectivity index (χ3v) is 2.59. The highest BCUT2D eigenvalue weighted by Gasteiger charge is 2.35. The molecule has 1 aromatic carbocycles. The second-order valence-corrected chi connectivity index (χ2v) is 3.63. The van der Waals surface area contributed by atoms with E-state index >= 15 is 0 Å². The van der Waals surface area contributed by atoms with E-state index in [9.17, 15) is 0 Å². The summed E-state index contributed by atoms with van der Waals surface area (Å²) in [5, 5.41) is 0. The maximum absolute atomic E-state index is 5.61. The number of benzene rings is 1. The van der Waals surface area contributed by atoms with Crippen LogP contribution < -0.4 is 0 Å². The molecular weight excluding hydrogens is 180 g/mol. The fourth-order valence-electron chi connectivity index (χ4n) is 1.66. The fraction of sp³-hybridized carbons (Fsp3) is 0.455. The van der Waals surface area contributed by atoms with Crippen molar-refractivity contribution in [1.82, 2.24) is 0 Å². The zero-order valence-electron chi connectivity index (χ0n) is 7.81. The predicted octanol–water partition coefficient (Wildman–Crippen LogP) is 1.46. The van der Waals surface area contributed by atoms with E-state index in [0.29, 0.717) is 13.2 Å². The largest absolute Gasteiger partial charge is 0.368 e. The Labute approximate surface area is 82.6 Å². The SMILES string of the molecule is c1ccc2c(c1)COC([C@@H]1CO1)OC2. The van der Waals surface area contributed by atoms with Gasteiger partial charge in [-0.05, 0) is 11.1 Å². The minimum absolute atomic E-state index is 0.157.